The van der Waals surface area contributed by atoms with Crippen LogP contribution in [0.2, 0.25) is 0 Å². The summed E-state index contributed by atoms with van der Waals surface area (Å²) in [6, 6.07) is 7.21. The first-order chi connectivity index (χ1) is 9.63. The van der Waals surface area contributed by atoms with E-state index in [4.69, 9.17) is 4.74 Å². The van der Waals surface area contributed by atoms with Crippen molar-refractivity contribution < 1.29 is 14.3 Å². The van der Waals surface area contributed by atoms with Gasteiger partial charge < -0.3 is 4.74 Å². The molecule has 2 aliphatic rings. The van der Waals surface area contributed by atoms with Crippen LogP contribution in [0.25, 0.3) is 0 Å². The molecule has 106 valence electrons. The maximum absolute atomic E-state index is 12.6. The second-order valence-electron chi connectivity index (χ2n) is 5.81. The van der Waals surface area contributed by atoms with E-state index < -0.39 is 0 Å². The Morgan fingerprint density at radius 2 is 1.80 bits per heavy atom. The van der Waals surface area contributed by atoms with Crippen molar-refractivity contribution in [2.45, 2.75) is 26.2 Å². The number of ether oxygens (including phenoxy) is 1. The highest BCUT2D eigenvalue weighted by Crippen LogP contribution is 2.43. The standard InChI is InChI=1S/C16H19NO3/c1-10-7-8-11-12(9-10)16(19)17(15(11)18)13-5-3-4-6-14(13)20-2/h3-6,10-12H,7-9H2,1-2H3/t10-,11-,12+/m0/s1. The van der Waals surface area contributed by atoms with Crippen molar-refractivity contribution in [3.63, 3.8) is 0 Å². The number of imide groups is 1. The number of carbonyl (C=O) groups excluding carboxylic acids is 2. The maximum Gasteiger partial charge on any atom is 0.237 e. The van der Waals surface area contributed by atoms with Gasteiger partial charge >= 0.3 is 0 Å². The van der Waals surface area contributed by atoms with Crippen LogP contribution in [0, 0.1) is 17.8 Å². The molecule has 0 radical (unpaired) electrons. The highest BCUT2D eigenvalue weighted by atomic mass is 16.5. The normalized spacial score (nSPS) is 29.5. The van der Waals surface area contributed by atoms with Crippen LogP contribution in [-0.2, 0) is 9.59 Å². The fraction of sp³-hybridized carbons (Fsp3) is 0.500. The molecule has 1 heterocycles. The molecular formula is C16H19NO3. The molecule has 1 aromatic carbocycles. The van der Waals surface area contributed by atoms with Gasteiger partial charge in [0.2, 0.25) is 11.8 Å². The molecule has 20 heavy (non-hydrogen) atoms. The minimum atomic E-state index is -0.142. The molecule has 2 fully saturated rings. The summed E-state index contributed by atoms with van der Waals surface area (Å²) >= 11 is 0. The third-order valence-electron chi connectivity index (χ3n) is 4.51. The Bertz CT molecular complexity index is 554. The first-order valence-electron chi connectivity index (χ1n) is 7.14. The lowest BCUT2D eigenvalue weighted by molar-refractivity contribution is -0.122. The number of methoxy groups -OCH3 is 1. The molecule has 3 atom stereocenters. The molecule has 2 amide bonds. The van der Waals surface area contributed by atoms with Crippen molar-refractivity contribution in [3.8, 4) is 5.75 Å². The average Bonchev–Trinajstić information content (AvgIpc) is 2.70. The zero-order valence-corrected chi connectivity index (χ0v) is 11.8. The monoisotopic (exact) mass is 273 g/mol. The lowest BCUT2D eigenvalue weighted by Gasteiger charge is -2.25. The van der Waals surface area contributed by atoms with E-state index in [1.54, 1.807) is 19.2 Å². The Balaban J connectivity index is 1.98. The quantitative estimate of drug-likeness (QED) is 0.778. The van der Waals surface area contributed by atoms with Crippen molar-refractivity contribution in [2.24, 2.45) is 17.8 Å². The van der Waals surface area contributed by atoms with Crippen molar-refractivity contribution in [3.05, 3.63) is 24.3 Å². The molecule has 0 N–H and O–H groups in total. The minimum Gasteiger partial charge on any atom is -0.495 e. The van der Waals surface area contributed by atoms with Gasteiger partial charge in [-0.3, -0.25) is 9.59 Å². The Hall–Kier alpha value is -1.84. The largest absolute Gasteiger partial charge is 0.495 e. The number of benzene rings is 1. The van der Waals surface area contributed by atoms with Gasteiger partial charge in [0.25, 0.3) is 0 Å². The number of anilines is 1. The number of carbonyl (C=O) groups is 2. The Labute approximate surface area is 118 Å². The summed E-state index contributed by atoms with van der Waals surface area (Å²) in [7, 11) is 1.55. The van der Waals surface area contributed by atoms with Gasteiger partial charge in [0.05, 0.1) is 24.6 Å². The summed E-state index contributed by atoms with van der Waals surface area (Å²) in [6.07, 6.45) is 2.67. The van der Waals surface area contributed by atoms with Gasteiger partial charge in [-0.1, -0.05) is 19.1 Å². The number of nitrogens with zero attached hydrogens (tertiary/aromatic N) is 1. The van der Waals surface area contributed by atoms with Crippen LogP contribution < -0.4 is 9.64 Å². The Morgan fingerprint density at radius 1 is 1.10 bits per heavy atom. The minimum absolute atomic E-state index is 0.0589. The summed E-state index contributed by atoms with van der Waals surface area (Å²) in [4.78, 5) is 26.5. The fourth-order valence-corrected chi connectivity index (χ4v) is 3.44. The van der Waals surface area contributed by atoms with Crippen LogP contribution in [0.15, 0.2) is 24.3 Å². The third-order valence-corrected chi connectivity index (χ3v) is 4.51. The van der Waals surface area contributed by atoms with Crippen LogP contribution in [0.3, 0.4) is 0 Å². The van der Waals surface area contributed by atoms with Gasteiger partial charge in [0, 0.05) is 0 Å². The third kappa shape index (κ3) is 1.90. The van der Waals surface area contributed by atoms with E-state index in [1.165, 1.54) is 4.90 Å². The van der Waals surface area contributed by atoms with Gasteiger partial charge in [0.15, 0.2) is 0 Å². The maximum atomic E-state index is 12.6. The first-order valence-corrected chi connectivity index (χ1v) is 7.14. The van der Waals surface area contributed by atoms with E-state index in [-0.39, 0.29) is 23.7 Å². The van der Waals surface area contributed by atoms with Crippen molar-refractivity contribution in [2.75, 3.05) is 12.0 Å². The fourth-order valence-electron chi connectivity index (χ4n) is 3.44. The highest BCUT2D eigenvalue weighted by molar-refractivity contribution is 6.22. The van der Waals surface area contributed by atoms with E-state index in [0.29, 0.717) is 17.4 Å². The summed E-state index contributed by atoms with van der Waals surface area (Å²) < 4.78 is 5.28. The van der Waals surface area contributed by atoms with Gasteiger partial charge in [-0.2, -0.15) is 0 Å². The average molecular weight is 273 g/mol. The number of hydrogen-bond donors (Lipinski definition) is 0. The van der Waals surface area contributed by atoms with Crippen LogP contribution in [0.5, 0.6) is 5.75 Å². The number of fused-ring (bicyclic) bond motifs is 1. The lowest BCUT2D eigenvalue weighted by Crippen LogP contribution is -2.31. The van der Waals surface area contributed by atoms with Gasteiger partial charge in [-0.15, -0.1) is 0 Å². The van der Waals surface area contributed by atoms with Gasteiger partial charge in [-0.25, -0.2) is 4.90 Å². The summed E-state index contributed by atoms with van der Waals surface area (Å²) in [5.41, 5.74) is 0.576. The molecule has 0 unspecified atom stereocenters. The van der Waals surface area contributed by atoms with E-state index in [9.17, 15) is 9.59 Å². The van der Waals surface area contributed by atoms with Gasteiger partial charge in [0.1, 0.15) is 5.75 Å². The van der Waals surface area contributed by atoms with Crippen molar-refractivity contribution >= 4 is 17.5 Å². The molecule has 1 aromatic rings. The van der Waals surface area contributed by atoms with Crippen LogP contribution in [0.4, 0.5) is 5.69 Å². The molecule has 4 nitrogen and oxygen atoms in total. The first kappa shape index (κ1) is 13.2. The summed E-state index contributed by atoms with van der Waals surface area (Å²) in [5, 5.41) is 0. The molecule has 0 spiro atoms. The predicted molar refractivity (Wildman–Crippen MR) is 75.5 cm³/mol. The molecule has 3 rings (SSSR count). The van der Waals surface area contributed by atoms with E-state index in [0.717, 1.165) is 19.3 Å². The number of hydrogen-bond acceptors (Lipinski definition) is 3. The molecule has 1 aliphatic carbocycles. The molecule has 1 aliphatic heterocycles. The second kappa shape index (κ2) is 4.93. The van der Waals surface area contributed by atoms with E-state index in [1.807, 2.05) is 12.1 Å². The number of rotatable bonds is 2. The van der Waals surface area contributed by atoms with E-state index in [2.05, 4.69) is 6.92 Å². The zero-order valence-electron chi connectivity index (χ0n) is 11.8. The molecular weight excluding hydrogens is 254 g/mol. The Kier molecular flexibility index (Phi) is 3.24. The molecule has 4 heteroatoms. The summed E-state index contributed by atoms with van der Waals surface area (Å²) in [6.45, 7) is 2.15. The van der Waals surface area contributed by atoms with Crippen molar-refractivity contribution in [1.82, 2.24) is 0 Å². The van der Waals surface area contributed by atoms with E-state index >= 15 is 0 Å². The summed E-state index contributed by atoms with van der Waals surface area (Å²) in [5.74, 6) is 0.693. The van der Waals surface area contributed by atoms with Crippen LogP contribution >= 0.6 is 0 Å². The zero-order chi connectivity index (χ0) is 14.3. The lowest BCUT2D eigenvalue weighted by atomic mass is 9.76. The SMILES string of the molecule is COc1ccccc1N1C(=O)[C@H]2CC[C@H](C)C[C@H]2C1=O. The smallest absolute Gasteiger partial charge is 0.237 e. The highest BCUT2D eigenvalue weighted by Gasteiger charge is 2.50. The van der Waals surface area contributed by atoms with Crippen LogP contribution in [0.1, 0.15) is 26.2 Å². The molecule has 0 aromatic heterocycles. The molecule has 0 bridgehead atoms. The Morgan fingerprint density at radius 3 is 2.55 bits per heavy atom. The topological polar surface area (TPSA) is 46.6 Å². The van der Waals surface area contributed by atoms with Gasteiger partial charge in [-0.05, 0) is 37.3 Å². The van der Waals surface area contributed by atoms with Crippen LogP contribution in [-0.4, -0.2) is 18.9 Å². The predicted octanol–water partition coefficient (Wildman–Crippen LogP) is 2.62. The number of amides is 2. The number of para-hydroxylation sites is 2. The molecule has 1 saturated carbocycles. The molecule has 1 saturated heterocycles. The second-order valence-corrected chi connectivity index (χ2v) is 5.81. The van der Waals surface area contributed by atoms with Crippen molar-refractivity contribution in [1.29, 1.82) is 0 Å².